The Morgan fingerprint density at radius 3 is 2.52 bits per heavy atom. The highest BCUT2D eigenvalue weighted by Crippen LogP contribution is 2.27. The molecule has 6 nitrogen and oxygen atoms in total. The first kappa shape index (κ1) is 16.7. The number of carbonyl (C=O) groups excluding carboxylic acids is 1. The van der Waals surface area contributed by atoms with E-state index in [1.807, 2.05) is 6.92 Å². The summed E-state index contributed by atoms with van der Waals surface area (Å²) in [6, 6.07) is -0.218. The molecule has 2 atom stereocenters. The second kappa shape index (κ2) is 6.20. The van der Waals surface area contributed by atoms with Gasteiger partial charge < -0.3 is 20.7 Å². The number of ether oxygens (including phenoxy) is 1. The molecule has 0 aromatic rings. The van der Waals surface area contributed by atoms with Crippen LogP contribution in [0.1, 0.15) is 20.8 Å². The third-order valence-electron chi connectivity index (χ3n) is 5.08. The van der Waals surface area contributed by atoms with Crippen molar-refractivity contribution >= 4 is 5.91 Å². The van der Waals surface area contributed by atoms with Gasteiger partial charge in [0.1, 0.15) is 0 Å². The van der Waals surface area contributed by atoms with Crippen molar-refractivity contribution < 1.29 is 9.53 Å². The van der Waals surface area contributed by atoms with Gasteiger partial charge in [0, 0.05) is 44.3 Å². The van der Waals surface area contributed by atoms with Gasteiger partial charge in [-0.1, -0.05) is 0 Å². The molecule has 21 heavy (non-hydrogen) atoms. The second-order valence-corrected chi connectivity index (χ2v) is 7.32. The molecule has 2 aliphatic rings. The molecule has 0 radical (unpaired) electrons. The fraction of sp³-hybridized carbons (Fsp3) is 0.933. The van der Waals surface area contributed by atoms with E-state index in [9.17, 15) is 4.79 Å². The maximum absolute atomic E-state index is 12.5. The van der Waals surface area contributed by atoms with Gasteiger partial charge in [0.05, 0.1) is 18.6 Å². The van der Waals surface area contributed by atoms with Gasteiger partial charge in [-0.2, -0.15) is 0 Å². The zero-order valence-electron chi connectivity index (χ0n) is 13.8. The van der Waals surface area contributed by atoms with E-state index in [1.165, 1.54) is 0 Å². The Morgan fingerprint density at radius 1 is 1.38 bits per heavy atom. The molecule has 0 bridgehead atoms. The summed E-state index contributed by atoms with van der Waals surface area (Å²) in [6.07, 6.45) is 0. The Balaban J connectivity index is 1.88. The zero-order valence-corrected chi connectivity index (χ0v) is 13.8. The molecule has 6 heteroatoms. The number of hydrogen-bond donors (Lipinski definition) is 2. The van der Waals surface area contributed by atoms with Crippen LogP contribution in [0.3, 0.4) is 0 Å². The largest absolute Gasteiger partial charge is 0.379 e. The van der Waals surface area contributed by atoms with Crippen molar-refractivity contribution in [1.29, 1.82) is 0 Å². The molecule has 0 spiro atoms. The highest BCUT2D eigenvalue weighted by molar-refractivity contribution is 5.83. The Bertz CT molecular complexity index is 380. The summed E-state index contributed by atoms with van der Waals surface area (Å²) in [7, 11) is 2.15. The first-order valence-electron chi connectivity index (χ1n) is 7.81. The van der Waals surface area contributed by atoms with Crippen molar-refractivity contribution in [3.63, 3.8) is 0 Å². The average molecular weight is 298 g/mol. The lowest BCUT2D eigenvalue weighted by atomic mass is 9.84. The standard InChI is InChI=1S/C15H30N4O2/c1-14(2,19-7-5-18(4)6-8-19)10-17-13(20)15(3)11-21-9-12(15)16/h12H,5-11,16H2,1-4H3,(H,17,20). The minimum Gasteiger partial charge on any atom is -0.379 e. The smallest absolute Gasteiger partial charge is 0.230 e. The zero-order chi connectivity index (χ0) is 15.7. The van der Waals surface area contributed by atoms with Crippen LogP contribution in [0.4, 0.5) is 0 Å². The fourth-order valence-electron chi connectivity index (χ4n) is 2.94. The highest BCUT2D eigenvalue weighted by Gasteiger charge is 2.44. The third kappa shape index (κ3) is 3.56. The summed E-state index contributed by atoms with van der Waals surface area (Å²) in [5.74, 6) is 0.00898. The molecule has 0 aromatic heterocycles. The monoisotopic (exact) mass is 298 g/mol. The number of likely N-dealkylation sites (N-methyl/N-ethyl adjacent to an activating group) is 1. The lowest BCUT2D eigenvalue weighted by Crippen LogP contribution is -2.59. The lowest BCUT2D eigenvalue weighted by molar-refractivity contribution is -0.131. The van der Waals surface area contributed by atoms with E-state index in [2.05, 4.69) is 36.0 Å². The molecule has 2 unspecified atom stereocenters. The van der Waals surface area contributed by atoms with E-state index in [1.54, 1.807) is 0 Å². The Hall–Kier alpha value is -0.690. The summed E-state index contributed by atoms with van der Waals surface area (Å²) in [6.45, 7) is 12.0. The molecule has 2 rings (SSSR count). The van der Waals surface area contributed by atoms with E-state index in [4.69, 9.17) is 10.5 Å². The van der Waals surface area contributed by atoms with E-state index < -0.39 is 5.41 Å². The van der Waals surface area contributed by atoms with Crippen LogP contribution in [0.15, 0.2) is 0 Å². The van der Waals surface area contributed by atoms with Crippen LogP contribution in [-0.2, 0) is 9.53 Å². The molecule has 122 valence electrons. The van der Waals surface area contributed by atoms with E-state index in [0.717, 1.165) is 26.2 Å². The van der Waals surface area contributed by atoms with Crippen molar-refractivity contribution in [2.24, 2.45) is 11.1 Å². The van der Waals surface area contributed by atoms with Crippen molar-refractivity contribution in [1.82, 2.24) is 15.1 Å². The van der Waals surface area contributed by atoms with Gasteiger partial charge in [0.15, 0.2) is 0 Å². The van der Waals surface area contributed by atoms with Crippen LogP contribution >= 0.6 is 0 Å². The second-order valence-electron chi connectivity index (χ2n) is 7.32. The number of carbonyl (C=O) groups is 1. The summed E-state index contributed by atoms with van der Waals surface area (Å²) in [5, 5.41) is 3.09. The highest BCUT2D eigenvalue weighted by atomic mass is 16.5. The fourth-order valence-corrected chi connectivity index (χ4v) is 2.94. The van der Waals surface area contributed by atoms with Gasteiger partial charge >= 0.3 is 0 Å². The molecular formula is C15H30N4O2. The number of nitrogens with zero attached hydrogens (tertiary/aromatic N) is 2. The molecule has 1 amide bonds. The predicted molar refractivity (Wildman–Crippen MR) is 83.1 cm³/mol. The van der Waals surface area contributed by atoms with Crippen LogP contribution in [0.25, 0.3) is 0 Å². The van der Waals surface area contributed by atoms with Crippen LogP contribution in [0.5, 0.6) is 0 Å². The SMILES string of the molecule is CN1CCN(C(C)(C)CNC(=O)C2(C)COCC2N)CC1. The number of nitrogens with two attached hydrogens (primary N) is 1. The first-order valence-corrected chi connectivity index (χ1v) is 7.81. The average Bonchev–Trinajstić information content (AvgIpc) is 2.78. The number of hydrogen-bond acceptors (Lipinski definition) is 5. The van der Waals surface area contributed by atoms with Gasteiger partial charge in [-0.15, -0.1) is 0 Å². The normalized spacial score (nSPS) is 32.3. The number of nitrogens with one attached hydrogen (secondary N) is 1. The van der Waals surface area contributed by atoms with Gasteiger partial charge in [0.2, 0.25) is 5.91 Å². The lowest BCUT2D eigenvalue weighted by Gasteiger charge is -2.43. The van der Waals surface area contributed by atoms with E-state index >= 15 is 0 Å². The van der Waals surface area contributed by atoms with Gasteiger partial charge in [-0.3, -0.25) is 9.69 Å². The van der Waals surface area contributed by atoms with Crippen LogP contribution in [-0.4, -0.2) is 80.3 Å². The molecular weight excluding hydrogens is 268 g/mol. The molecule has 0 aromatic carbocycles. The molecule has 2 heterocycles. The molecule has 2 fully saturated rings. The quantitative estimate of drug-likeness (QED) is 0.732. The van der Waals surface area contributed by atoms with Crippen molar-refractivity contribution in [3.8, 4) is 0 Å². The van der Waals surface area contributed by atoms with Gasteiger partial charge in [-0.05, 0) is 27.8 Å². The van der Waals surface area contributed by atoms with E-state index in [0.29, 0.717) is 19.8 Å². The summed E-state index contributed by atoms with van der Waals surface area (Å²) in [5.41, 5.74) is 5.37. The molecule has 3 N–H and O–H groups in total. The van der Waals surface area contributed by atoms with E-state index in [-0.39, 0.29) is 17.5 Å². The molecule has 2 saturated heterocycles. The van der Waals surface area contributed by atoms with Crippen LogP contribution in [0.2, 0.25) is 0 Å². The Morgan fingerprint density at radius 2 is 2.00 bits per heavy atom. The summed E-state index contributed by atoms with van der Waals surface area (Å²) >= 11 is 0. The Labute approximate surface area is 128 Å². The molecule has 2 aliphatic heterocycles. The predicted octanol–water partition coefficient (Wildman–Crippen LogP) is -0.508. The number of piperazine rings is 1. The maximum atomic E-state index is 12.5. The maximum Gasteiger partial charge on any atom is 0.230 e. The van der Waals surface area contributed by atoms with Crippen LogP contribution < -0.4 is 11.1 Å². The topological polar surface area (TPSA) is 70.8 Å². The Kier molecular flexibility index (Phi) is 4.92. The molecule has 0 saturated carbocycles. The first-order chi connectivity index (χ1) is 9.75. The molecule has 0 aliphatic carbocycles. The summed E-state index contributed by atoms with van der Waals surface area (Å²) < 4.78 is 5.35. The number of rotatable bonds is 4. The number of amides is 1. The van der Waals surface area contributed by atoms with Crippen molar-refractivity contribution in [2.75, 3.05) is 53.0 Å². The minimum absolute atomic E-state index is 0.00898. The van der Waals surface area contributed by atoms with Crippen molar-refractivity contribution in [2.45, 2.75) is 32.4 Å². The summed E-state index contributed by atoms with van der Waals surface area (Å²) in [4.78, 5) is 17.2. The van der Waals surface area contributed by atoms with Gasteiger partial charge in [-0.25, -0.2) is 0 Å². The minimum atomic E-state index is -0.599. The van der Waals surface area contributed by atoms with Crippen molar-refractivity contribution in [3.05, 3.63) is 0 Å². The van der Waals surface area contributed by atoms with Gasteiger partial charge in [0.25, 0.3) is 0 Å². The third-order valence-corrected chi connectivity index (χ3v) is 5.08. The van der Waals surface area contributed by atoms with Crippen LogP contribution in [0, 0.1) is 5.41 Å².